The van der Waals surface area contributed by atoms with Gasteiger partial charge in [0, 0.05) is 30.1 Å². The van der Waals surface area contributed by atoms with Crippen molar-refractivity contribution in [3.63, 3.8) is 0 Å². The minimum Gasteiger partial charge on any atom is -0.323 e. The first-order chi connectivity index (χ1) is 10.2. The summed E-state index contributed by atoms with van der Waals surface area (Å²) in [6, 6.07) is 10.0. The van der Waals surface area contributed by atoms with Crippen LogP contribution in [-0.4, -0.2) is 16.8 Å². The van der Waals surface area contributed by atoms with Crippen molar-refractivity contribution in [3.05, 3.63) is 53.9 Å². The standard InChI is InChI=1S/C16H17N3O2/c1-11-8-15(21)17-18-16(11)13-2-4-14(5-3-13)19-7-6-12(9-19)10-20/h2-7,9-11,16,18H,8H2,1H3,(H,17,21). The van der Waals surface area contributed by atoms with E-state index < -0.39 is 0 Å². The highest BCUT2D eigenvalue weighted by molar-refractivity contribution is 5.76. The molecule has 1 aliphatic heterocycles. The van der Waals surface area contributed by atoms with Gasteiger partial charge >= 0.3 is 0 Å². The van der Waals surface area contributed by atoms with Gasteiger partial charge in [-0.3, -0.25) is 15.0 Å². The van der Waals surface area contributed by atoms with Gasteiger partial charge in [0.15, 0.2) is 6.29 Å². The van der Waals surface area contributed by atoms with E-state index in [1.165, 1.54) is 0 Å². The van der Waals surface area contributed by atoms with Crippen molar-refractivity contribution in [1.29, 1.82) is 0 Å². The van der Waals surface area contributed by atoms with Crippen LogP contribution < -0.4 is 10.9 Å². The van der Waals surface area contributed by atoms with E-state index in [1.807, 2.05) is 35.0 Å². The second-order valence-electron chi connectivity index (χ2n) is 5.41. The van der Waals surface area contributed by atoms with Gasteiger partial charge in [-0.1, -0.05) is 19.1 Å². The summed E-state index contributed by atoms with van der Waals surface area (Å²) in [5.74, 6) is 0.280. The molecule has 0 saturated carbocycles. The minimum absolute atomic E-state index is 0.0316. The van der Waals surface area contributed by atoms with E-state index >= 15 is 0 Å². The molecular formula is C16H17N3O2. The first-order valence-electron chi connectivity index (χ1n) is 6.95. The number of aromatic nitrogens is 1. The number of hydrogen-bond donors (Lipinski definition) is 2. The summed E-state index contributed by atoms with van der Waals surface area (Å²) in [6.45, 7) is 2.06. The van der Waals surface area contributed by atoms with Crippen molar-refractivity contribution in [2.75, 3.05) is 0 Å². The van der Waals surface area contributed by atoms with E-state index in [-0.39, 0.29) is 17.9 Å². The summed E-state index contributed by atoms with van der Waals surface area (Å²) in [6.07, 6.45) is 5.02. The first kappa shape index (κ1) is 13.6. The number of aldehydes is 1. The van der Waals surface area contributed by atoms with Gasteiger partial charge in [0.2, 0.25) is 5.91 Å². The number of rotatable bonds is 3. The molecule has 2 aromatic rings. The van der Waals surface area contributed by atoms with Crippen LogP contribution in [0.2, 0.25) is 0 Å². The third kappa shape index (κ3) is 2.73. The summed E-state index contributed by atoms with van der Waals surface area (Å²) in [5, 5.41) is 0. The molecule has 2 N–H and O–H groups in total. The molecule has 5 heteroatoms. The number of nitrogens with one attached hydrogen (secondary N) is 2. The number of nitrogens with zero attached hydrogens (tertiary/aromatic N) is 1. The Morgan fingerprint density at radius 3 is 2.62 bits per heavy atom. The topological polar surface area (TPSA) is 63.1 Å². The van der Waals surface area contributed by atoms with Gasteiger partial charge in [0.05, 0.1) is 6.04 Å². The Hall–Kier alpha value is -2.40. The molecule has 3 rings (SSSR count). The molecule has 1 aromatic carbocycles. The number of hydrazine groups is 1. The van der Waals surface area contributed by atoms with Crippen molar-refractivity contribution in [2.45, 2.75) is 19.4 Å². The van der Waals surface area contributed by atoms with Crippen LogP contribution in [0.3, 0.4) is 0 Å². The lowest BCUT2D eigenvalue weighted by Crippen LogP contribution is -2.48. The van der Waals surface area contributed by atoms with Crippen molar-refractivity contribution in [1.82, 2.24) is 15.4 Å². The maximum atomic E-state index is 11.3. The molecule has 1 aromatic heterocycles. The first-order valence-corrected chi connectivity index (χ1v) is 6.95. The highest BCUT2D eigenvalue weighted by Crippen LogP contribution is 2.27. The van der Waals surface area contributed by atoms with Crippen molar-refractivity contribution < 1.29 is 9.59 Å². The fraction of sp³-hybridized carbons (Fsp3) is 0.250. The third-order valence-electron chi connectivity index (χ3n) is 3.85. The Balaban J connectivity index is 1.80. The van der Waals surface area contributed by atoms with Gasteiger partial charge in [-0.25, -0.2) is 5.43 Å². The average Bonchev–Trinajstić information content (AvgIpc) is 2.96. The predicted octanol–water partition coefficient (Wildman–Crippen LogP) is 1.99. The van der Waals surface area contributed by atoms with Crippen LogP contribution in [0, 0.1) is 5.92 Å². The van der Waals surface area contributed by atoms with Crippen molar-refractivity contribution in [2.24, 2.45) is 5.92 Å². The lowest BCUT2D eigenvalue weighted by atomic mass is 9.91. The Bertz CT molecular complexity index is 660. The average molecular weight is 283 g/mol. The summed E-state index contributed by atoms with van der Waals surface area (Å²) in [7, 11) is 0. The lowest BCUT2D eigenvalue weighted by molar-refractivity contribution is -0.125. The Labute approximate surface area is 122 Å². The highest BCUT2D eigenvalue weighted by Gasteiger charge is 2.26. The highest BCUT2D eigenvalue weighted by atomic mass is 16.2. The molecule has 1 saturated heterocycles. The number of carbonyl (C=O) groups excluding carboxylic acids is 2. The van der Waals surface area contributed by atoms with Crippen LogP contribution in [0.4, 0.5) is 0 Å². The van der Waals surface area contributed by atoms with E-state index in [2.05, 4.69) is 17.8 Å². The van der Waals surface area contributed by atoms with E-state index in [0.29, 0.717) is 12.0 Å². The fourth-order valence-electron chi connectivity index (χ4n) is 2.67. The smallest absolute Gasteiger partial charge is 0.234 e. The zero-order valence-corrected chi connectivity index (χ0v) is 11.7. The molecule has 108 valence electrons. The number of benzene rings is 1. The summed E-state index contributed by atoms with van der Waals surface area (Å²) in [4.78, 5) is 22.0. The van der Waals surface area contributed by atoms with E-state index in [4.69, 9.17) is 0 Å². The van der Waals surface area contributed by atoms with Crippen LogP contribution >= 0.6 is 0 Å². The molecule has 1 aliphatic rings. The molecule has 0 radical (unpaired) electrons. The van der Waals surface area contributed by atoms with Gasteiger partial charge in [-0.05, 0) is 29.7 Å². The molecule has 1 fully saturated rings. The van der Waals surface area contributed by atoms with Gasteiger partial charge in [0.25, 0.3) is 0 Å². The molecule has 2 atom stereocenters. The van der Waals surface area contributed by atoms with E-state index in [1.54, 1.807) is 12.3 Å². The normalized spacial score (nSPS) is 21.9. The molecule has 5 nitrogen and oxygen atoms in total. The molecule has 0 spiro atoms. The van der Waals surface area contributed by atoms with Gasteiger partial charge in [-0.2, -0.15) is 0 Å². The van der Waals surface area contributed by atoms with Gasteiger partial charge < -0.3 is 4.57 Å². The SMILES string of the molecule is CC1CC(=O)NNC1c1ccc(-n2ccc(C=O)c2)cc1. The monoisotopic (exact) mass is 283 g/mol. The molecule has 2 unspecified atom stereocenters. The largest absolute Gasteiger partial charge is 0.323 e. The van der Waals surface area contributed by atoms with Gasteiger partial charge in [-0.15, -0.1) is 0 Å². The summed E-state index contributed by atoms with van der Waals surface area (Å²) in [5.41, 5.74) is 8.53. The number of hydrogen-bond acceptors (Lipinski definition) is 3. The zero-order chi connectivity index (χ0) is 14.8. The number of amides is 1. The van der Waals surface area contributed by atoms with Crippen LogP contribution in [0.15, 0.2) is 42.7 Å². The molecule has 2 heterocycles. The minimum atomic E-state index is 0.0316. The Morgan fingerprint density at radius 1 is 1.24 bits per heavy atom. The van der Waals surface area contributed by atoms with Crippen LogP contribution in [0.25, 0.3) is 5.69 Å². The third-order valence-corrected chi connectivity index (χ3v) is 3.85. The van der Waals surface area contributed by atoms with Crippen LogP contribution in [-0.2, 0) is 4.79 Å². The van der Waals surface area contributed by atoms with Crippen molar-refractivity contribution >= 4 is 12.2 Å². The molecule has 1 amide bonds. The lowest BCUT2D eigenvalue weighted by Gasteiger charge is -2.30. The maximum absolute atomic E-state index is 11.3. The van der Waals surface area contributed by atoms with Gasteiger partial charge in [0.1, 0.15) is 0 Å². The zero-order valence-electron chi connectivity index (χ0n) is 11.7. The predicted molar refractivity (Wildman–Crippen MR) is 79.0 cm³/mol. The van der Waals surface area contributed by atoms with E-state index in [0.717, 1.165) is 17.5 Å². The molecule has 0 aliphatic carbocycles. The fourth-order valence-corrected chi connectivity index (χ4v) is 2.67. The molecular weight excluding hydrogens is 266 g/mol. The molecule has 21 heavy (non-hydrogen) atoms. The summed E-state index contributed by atoms with van der Waals surface area (Å²) < 4.78 is 1.91. The van der Waals surface area contributed by atoms with Crippen molar-refractivity contribution in [3.8, 4) is 5.69 Å². The van der Waals surface area contributed by atoms with E-state index in [9.17, 15) is 9.59 Å². The number of carbonyl (C=O) groups is 2. The Kier molecular flexibility index (Phi) is 3.58. The van der Waals surface area contributed by atoms with Crippen LogP contribution in [0.5, 0.6) is 0 Å². The maximum Gasteiger partial charge on any atom is 0.234 e. The summed E-state index contributed by atoms with van der Waals surface area (Å²) >= 11 is 0. The quantitative estimate of drug-likeness (QED) is 0.847. The second-order valence-corrected chi connectivity index (χ2v) is 5.41. The second kappa shape index (κ2) is 5.54. The Morgan fingerprint density at radius 2 is 2.00 bits per heavy atom. The molecule has 0 bridgehead atoms. The van der Waals surface area contributed by atoms with Crippen LogP contribution in [0.1, 0.15) is 35.3 Å².